The van der Waals surface area contributed by atoms with Gasteiger partial charge in [0, 0.05) is 35.6 Å². The molecular formula is C41H52N8O6. The van der Waals surface area contributed by atoms with Crippen molar-refractivity contribution < 1.29 is 29.0 Å². The lowest BCUT2D eigenvalue weighted by atomic mass is 10.0. The zero-order valence-electron chi connectivity index (χ0n) is 32.5. The van der Waals surface area contributed by atoms with Crippen LogP contribution in [0, 0.1) is 11.8 Å². The molecule has 55 heavy (non-hydrogen) atoms. The summed E-state index contributed by atoms with van der Waals surface area (Å²) in [6.07, 6.45) is 5.00. The van der Waals surface area contributed by atoms with E-state index in [-0.39, 0.29) is 47.8 Å². The summed E-state index contributed by atoms with van der Waals surface area (Å²) in [6.45, 7) is 11.5. The predicted octanol–water partition coefficient (Wildman–Crippen LogP) is 6.91. The van der Waals surface area contributed by atoms with Gasteiger partial charge in [0.15, 0.2) is 0 Å². The third-order valence-corrected chi connectivity index (χ3v) is 11.0. The van der Waals surface area contributed by atoms with Crippen molar-refractivity contribution in [3.8, 4) is 33.6 Å². The fourth-order valence-electron chi connectivity index (χ4n) is 7.89. The number of ether oxygens (including phenoxy) is 1. The number of imidazole rings is 2. The van der Waals surface area contributed by atoms with Crippen LogP contribution >= 0.6 is 0 Å². The molecular weight excluding hydrogens is 701 g/mol. The Bertz CT molecular complexity index is 1990. The molecule has 6 rings (SSSR count). The number of carbonyl (C=O) groups is 4. The first-order valence-electron chi connectivity index (χ1n) is 19.1. The second-order valence-electron chi connectivity index (χ2n) is 15.4. The van der Waals surface area contributed by atoms with Crippen molar-refractivity contribution in [2.24, 2.45) is 11.8 Å². The largest absolute Gasteiger partial charge is 0.465 e. The molecule has 0 aliphatic carbocycles. The predicted molar refractivity (Wildman–Crippen MR) is 208 cm³/mol. The van der Waals surface area contributed by atoms with Crippen LogP contribution in [0.15, 0.2) is 60.9 Å². The highest BCUT2D eigenvalue weighted by molar-refractivity contribution is 5.87. The Morgan fingerprint density at radius 1 is 0.673 bits per heavy atom. The second kappa shape index (κ2) is 16.4. The minimum Gasteiger partial charge on any atom is -0.465 e. The number of carbonyl (C=O) groups excluding carboxylic acids is 3. The maximum atomic E-state index is 13.7. The fourth-order valence-corrected chi connectivity index (χ4v) is 7.89. The molecule has 2 aliphatic heterocycles. The van der Waals surface area contributed by atoms with Crippen molar-refractivity contribution in [3.05, 3.63) is 72.6 Å². The lowest BCUT2D eigenvalue weighted by Crippen LogP contribution is -2.52. The summed E-state index contributed by atoms with van der Waals surface area (Å²) in [7, 11) is 1.29. The highest BCUT2D eigenvalue weighted by Gasteiger charge is 2.42. The Morgan fingerprint density at radius 3 is 1.42 bits per heavy atom. The Balaban J connectivity index is 1.13. The first-order valence-corrected chi connectivity index (χ1v) is 19.1. The third-order valence-electron chi connectivity index (χ3n) is 11.0. The number of alkyl carbamates (subject to hydrolysis) is 1. The van der Waals surface area contributed by atoms with E-state index >= 15 is 0 Å². The summed E-state index contributed by atoms with van der Waals surface area (Å²) < 4.78 is 4.77. The van der Waals surface area contributed by atoms with Crippen molar-refractivity contribution >= 4 is 24.0 Å². The van der Waals surface area contributed by atoms with Crippen LogP contribution in [-0.4, -0.2) is 90.1 Å². The van der Waals surface area contributed by atoms with Crippen LogP contribution in [0.1, 0.15) is 91.0 Å². The van der Waals surface area contributed by atoms with Gasteiger partial charge in [0.2, 0.25) is 11.8 Å². The number of methoxy groups -OCH3 is 1. The molecule has 0 bridgehead atoms. The van der Waals surface area contributed by atoms with Gasteiger partial charge in [-0.25, -0.2) is 19.6 Å². The highest BCUT2D eigenvalue weighted by atomic mass is 16.5. The summed E-state index contributed by atoms with van der Waals surface area (Å²) in [6, 6.07) is 14.2. The number of nitrogens with zero attached hydrogens (tertiary/aromatic N) is 4. The van der Waals surface area contributed by atoms with Gasteiger partial charge in [0.25, 0.3) is 0 Å². The molecule has 6 atom stereocenters. The highest BCUT2D eigenvalue weighted by Crippen LogP contribution is 2.38. The maximum Gasteiger partial charge on any atom is 0.407 e. The molecule has 2 aliphatic rings. The smallest absolute Gasteiger partial charge is 0.407 e. The van der Waals surface area contributed by atoms with Crippen molar-refractivity contribution in [2.75, 3.05) is 7.11 Å². The van der Waals surface area contributed by atoms with Crippen molar-refractivity contribution in [1.29, 1.82) is 0 Å². The van der Waals surface area contributed by atoms with Gasteiger partial charge >= 0.3 is 12.2 Å². The van der Waals surface area contributed by atoms with E-state index in [9.17, 15) is 24.3 Å². The van der Waals surface area contributed by atoms with Gasteiger partial charge in [-0.2, -0.15) is 0 Å². The van der Waals surface area contributed by atoms with E-state index in [1.54, 1.807) is 4.90 Å². The van der Waals surface area contributed by atoms with Gasteiger partial charge in [-0.05, 0) is 62.5 Å². The number of carboxylic acid groups (broad SMARTS) is 1. The minimum absolute atomic E-state index is 0.00282. The monoisotopic (exact) mass is 752 g/mol. The molecule has 4 aromatic rings. The molecule has 0 spiro atoms. The Hall–Kier alpha value is -5.66. The number of aromatic amines is 2. The van der Waals surface area contributed by atoms with E-state index < -0.39 is 24.3 Å². The number of amides is 4. The molecule has 14 nitrogen and oxygen atoms in total. The lowest BCUT2D eigenvalue weighted by molar-refractivity contribution is -0.138. The third kappa shape index (κ3) is 8.23. The molecule has 2 aromatic heterocycles. The normalized spacial score (nSPS) is 20.8. The van der Waals surface area contributed by atoms with Crippen LogP contribution in [0.2, 0.25) is 0 Å². The van der Waals surface area contributed by atoms with Crippen molar-refractivity contribution in [1.82, 2.24) is 40.4 Å². The minimum atomic E-state index is -1.22. The number of rotatable bonds is 11. The fraction of sp³-hybridized carbons (Fsp3) is 0.463. The SMILES string of the molecule is COC(=O)NC(C(=O)N1C(C)CCC1c1nc(-c2ccc(-c3ccc(-c4c[nH]c([C@@H]5CC[C@H](C)N5C(=O)[C@H](NC(=O)O)C(C)C)n4)cc3)cc2)c[nH]1)C(C)C. The van der Waals surface area contributed by atoms with Crippen LogP contribution in [0.4, 0.5) is 9.59 Å². The molecule has 2 fully saturated rings. The average molecular weight is 753 g/mol. The summed E-state index contributed by atoms with van der Waals surface area (Å²) in [4.78, 5) is 70.7. The van der Waals surface area contributed by atoms with E-state index in [1.165, 1.54) is 7.11 Å². The van der Waals surface area contributed by atoms with Gasteiger partial charge in [-0.15, -0.1) is 0 Å². The molecule has 0 saturated carbocycles. The van der Waals surface area contributed by atoms with Crippen molar-refractivity contribution in [2.45, 2.75) is 103 Å². The van der Waals surface area contributed by atoms with Crippen LogP contribution in [0.25, 0.3) is 33.6 Å². The quantitative estimate of drug-likeness (QED) is 0.109. The number of H-pyrrole nitrogens is 2. The number of likely N-dealkylation sites (tertiary alicyclic amines) is 2. The van der Waals surface area contributed by atoms with E-state index in [0.717, 1.165) is 59.3 Å². The van der Waals surface area contributed by atoms with E-state index in [0.29, 0.717) is 11.6 Å². The van der Waals surface area contributed by atoms with Gasteiger partial charge in [0.05, 0.1) is 30.6 Å². The first kappa shape index (κ1) is 39.0. The van der Waals surface area contributed by atoms with Gasteiger partial charge in [-0.3, -0.25) is 9.59 Å². The molecule has 292 valence electrons. The number of nitrogens with one attached hydrogen (secondary N) is 4. The summed E-state index contributed by atoms with van der Waals surface area (Å²) in [5.41, 5.74) is 5.49. The molecule has 4 heterocycles. The number of hydrogen-bond acceptors (Lipinski definition) is 7. The molecule has 2 saturated heterocycles. The topological polar surface area (TPSA) is 186 Å². The van der Waals surface area contributed by atoms with Crippen LogP contribution < -0.4 is 10.6 Å². The van der Waals surface area contributed by atoms with Crippen LogP contribution in [0.3, 0.4) is 0 Å². The van der Waals surface area contributed by atoms with E-state index in [1.807, 2.05) is 83.1 Å². The van der Waals surface area contributed by atoms with Crippen LogP contribution in [0.5, 0.6) is 0 Å². The second-order valence-corrected chi connectivity index (χ2v) is 15.4. The maximum absolute atomic E-state index is 13.7. The van der Waals surface area contributed by atoms with Gasteiger partial charge < -0.3 is 40.2 Å². The number of benzene rings is 2. The zero-order valence-corrected chi connectivity index (χ0v) is 32.5. The van der Waals surface area contributed by atoms with Gasteiger partial charge in [-0.1, -0.05) is 76.2 Å². The summed E-state index contributed by atoms with van der Waals surface area (Å²) in [5, 5.41) is 14.5. The molecule has 3 unspecified atom stereocenters. The molecule has 2 aromatic carbocycles. The standard InChI is InChI=1S/C41H52N8O6/c1-22(2)34(46-40(52)53)38(50)48-24(5)8-18-32(48)36-42-20-30(44-36)28-14-10-26(11-15-28)27-12-16-29(17-13-27)31-21-43-37(45-31)33-19-9-25(6)49(33)39(51)35(23(3)4)47-41(54)55-7/h10-17,20-25,32-35,46H,8-9,18-19H2,1-7H3,(H,42,44)(H,43,45)(H,47,54)(H,52,53)/t24-,25?,32-,33?,34+,35?/m0/s1. The van der Waals surface area contributed by atoms with Crippen molar-refractivity contribution in [3.63, 3.8) is 0 Å². The zero-order chi connectivity index (χ0) is 39.6. The van der Waals surface area contributed by atoms with Gasteiger partial charge in [0.1, 0.15) is 23.7 Å². The Labute approximate surface area is 321 Å². The number of hydrogen-bond donors (Lipinski definition) is 5. The van der Waals surface area contributed by atoms with Crippen LogP contribution in [-0.2, 0) is 14.3 Å². The summed E-state index contributed by atoms with van der Waals surface area (Å²) in [5.74, 6) is 0.698. The first-order chi connectivity index (χ1) is 26.3. The molecule has 4 amide bonds. The average Bonchev–Trinajstić information content (AvgIpc) is 3.99. The Kier molecular flexibility index (Phi) is 11.6. The molecule has 14 heteroatoms. The molecule has 0 radical (unpaired) electrons. The van der Waals surface area contributed by atoms with E-state index in [4.69, 9.17) is 14.7 Å². The summed E-state index contributed by atoms with van der Waals surface area (Å²) >= 11 is 0. The number of aromatic nitrogens is 4. The Morgan fingerprint density at radius 2 is 1.05 bits per heavy atom. The molecule has 5 N–H and O–H groups in total. The van der Waals surface area contributed by atoms with E-state index in [2.05, 4.69) is 44.9 Å². The lowest BCUT2D eigenvalue weighted by Gasteiger charge is -2.32.